The second-order valence-electron chi connectivity index (χ2n) is 4.35. The van der Waals surface area contributed by atoms with Crippen molar-refractivity contribution in [2.45, 2.75) is 6.92 Å². The fraction of sp³-hybridized carbons (Fsp3) is 0.133. The van der Waals surface area contributed by atoms with Gasteiger partial charge in [-0.15, -0.1) is 9.20 Å². The third kappa shape index (κ3) is 1.53. The number of aryl methyl sites for hydroxylation is 2. The van der Waals surface area contributed by atoms with Gasteiger partial charge >= 0.3 is 0 Å². The van der Waals surface area contributed by atoms with E-state index in [4.69, 9.17) is 0 Å². The summed E-state index contributed by atoms with van der Waals surface area (Å²) in [6, 6.07) is 17.0. The Labute approximate surface area is 101 Å². The highest BCUT2D eigenvalue weighted by Gasteiger charge is 2.11. The van der Waals surface area contributed by atoms with E-state index in [2.05, 4.69) is 77.9 Å². The van der Waals surface area contributed by atoms with E-state index in [9.17, 15) is 0 Å². The minimum atomic E-state index is 1.22. The molecule has 2 heteroatoms. The highest BCUT2D eigenvalue weighted by molar-refractivity contribution is 5.66. The Kier molecular flexibility index (Phi) is 2.22. The zero-order chi connectivity index (χ0) is 11.8. The Hall–Kier alpha value is -2.09. The molecule has 0 bridgehead atoms. The lowest BCUT2D eigenvalue weighted by Gasteiger charge is -2.06. The van der Waals surface area contributed by atoms with Crippen LogP contribution in [0.5, 0.6) is 0 Å². The van der Waals surface area contributed by atoms with Crippen molar-refractivity contribution in [3.05, 3.63) is 60.3 Å². The van der Waals surface area contributed by atoms with Gasteiger partial charge in [-0.2, -0.15) is 0 Å². The number of pyridine rings is 1. The lowest BCUT2D eigenvalue weighted by molar-refractivity contribution is -0.736. The van der Waals surface area contributed by atoms with Crippen molar-refractivity contribution >= 4 is 5.52 Å². The molecular formula is C15H15N2+. The largest absolute Gasteiger partial charge is 0.196 e. The molecule has 0 amide bonds. The van der Waals surface area contributed by atoms with Crippen LogP contribution < -0.4 is 4.68 Å². The Balaban J connectivity index is 2.38. The van der Waals surface area contributed by atoms with Crippen molar-refractivity contribution in [3.63, 3.8) is 0 Å². The van der Waals surface area contributed by atoms with E-state index in [1.807, 2.05) is 0 Å². The quantitative estimate of drug-likeness (QED) is 0.561. The molecule has 0 N–H and O–H groups in total. The van der Waals surface area contributed by atoms with E-state index in [-0.39, 0.29) is 0 Å². The van der Waals surface area contributed by atoms with E-state index in [1.165, 1.54) is 22.3 Å². The van der Waals surface area contributed by atoms with Gasteiger partial charge in [-0.3, -0.25) is 0 Å². The first-order chi connectivity index (χ1) is 8.27. The van der Waals surface area contributed by atoms with Crippen LogP contribution in [0.4, 0.5) is 0 Å². The summed E-state index contributed by atoms with van der Waals surface area (Å²) in [4.78, 5) is 0. The van der Waals surface area contributed by atoms with Crippen molar-refractivity contribution in [3.8, 4) is 11.3 Å². The normalized spacial score (nSPS) is 10.9. The summed E-state index contributed by atoms with van der Waals surface area (Å²) in [5, 5.41) is 0. The molecule has 0 atom stereocenters. The van der Waals surface area contributed by atoms with Gasteiger partial charge < -0.3 is 0 Å². The minimum absolute atomic E-state index is 1.22. The molecular weight excluding hydrogens is 208 g/mol. The molecule has 1 aromatic carbocycles. The Morgan fingerprint density at radius 3 is 2.59 bits per heavy atom. The maximum absolute atomic E-state index is 2.22. The van der Waals surface area contributed by atoms with Gasteiger partial charge in [-0.25, -0.2) is 0 Å². The van der Waals surface area contributed by atoms with Gasteiger partial charge in [-0.05, 0) is 24.6 Å². The summed E-state index contributed by atoms with van der Waals surface area (Å²) in [5.41, 5.74) is 5.03. The first kappa shape index (κ1) is 10.1. The molecule has 0 aliphatic rings. The lowest BCUT2D eigenvalue weighted by atomic mass is 10.1. The van der Waals surface area contributed by atoms with E-state index < -0.39 is 0 Å². The molecule has 3 rings (SSSR count). The van der Waals surface area contributed by atoms with Gasteiger partial charge in [0.05, 0.1) is 0 Å². The predicted molar refractivity (Wildman–Crippen MR) is 68.7 cm³/mol. The van der Waals surface area contributed by atoms with Crippen LogP contribution in [0, 0.1) is 6.92 Å². The molecule has 17 heavy (non-hydrogen) atoms. The highest BCUT2D eigenvalue weighted by Crippen LogP contribution is 2.22. The highest BCUT2D eigenvalue weighted by atomic mass is 15.3. The minimum Gasteiger partial charge on any atom is -0.121 e. The molecule has 0 unspecified atom stereocenters. The van der Waals surface area contributed by atoms with Crippen LogP contribution in [0.3, 0.4) is 0 Å². The van der Waals surface area contributed by atoms with Gasteiger partial charge in [-0.1, -0.05) is 30.3 Å². The molecule has 0 radical (unpaired) electrons. The number of benzene rings is 1. The van der Waals surface area contributed by atoms with Crippen LogP contribution in [0.15, 0.2) is 54.7 Å². The molecule has 2 heterocycles. The van der Waals surface area contributed by atoms with Crippen molar-refractivity contribution in [1.82, 2.24) is 4.52 Å². The van der Waals surface area contributed by atoms with Crippen LogP contribution in [0.25, 0.3) is 16.8 Å². The first-order valence-corrected chi connectivity index (χ1v) is 5.80. The number of fused-ring (bicyclic) bond motifs is 1. The summed E-state index contributed by atoms with van der Waals surface area (Å²) < 4.78 is 4.33. The van der Waals surface area contributed by atoms with Gasteiger partial charge in [0.2, 0.25) is 0 Å². The zero-order valence-corrected chi connectivity index (χ0v) is 10.1. The fourth-order valence-electron chi connectivity index (χ4n) is 2.31. The number of hydrogen-bond acceptors (Lipinski definition) is 0. The van der Waals surface area contributed by atoms with Crippen molar-refractivity contribution < 1.29 is 4.68 Å². The molecule has 0 spiro atoms. The standard InChI is InChI=1S/C15H15N2/c1-12-6-3-4-8-14(12)15-9-5-7-13-10-11-16(2)17(13)15/h3-11H,1-2H3/q+1. The number of hydrogen-bond donors (Lipinski definition) is 0. The summed E-state index contributed by atoms with van der Waals surface area (Å²) >= 11 is 0. The van der Waals surface area contributed by atoms with Crippen LogP contribution in [-0.2, 0) is 7.05 Å². The van der Waals surface area contributed by atoms with Crippen LogP contribution >= 0.6 is 0 Å². The van der Waals surface area contributed by atoms with Crippen LogP contribution in [-0.4, -0.2) is 4.52 Å². The van der Waals surface area contributed by atoms with Crippen LogP contribution in [0.1, 0.15) is 5.56 Å². The SMILES string of the molecule is Cc1ccccc1-c1cccc2cc[n+](C)n12. The number of rotatable bonds is 1. The summed E-state index contributed by atoms with van der Waals surface area (Å²) in [6.07, 6.45) is 2.08. The van der Waals surface area contributed by atoms with Gasteiger partial charge in [0, 0.05) is 11.6 Å². The van der Waals surface area contributed by atoms with E-state index in [1.54, 1.807) is 0 Å². The second-order valence-corrected chi connectivity index (χ2v) is 4.35. The fourth-order valence-corrected chi connectivity index (χ4v) is 2.31. The maximum atomic E-state index is 2.22. The Morgan fingerprint density at radius 2 is 1.76 bits per heavy atom. The smallest absolute Gasteiger partial charge is 0.121 e. The van der Waals surface area contributed by atoms with E-state index >= 15 is 0 Å². The average Bonchev–Trinajstić information content (AvgIpc) is 2.72. The lowest BCUT2D eigenvalue weighted by Crippen LogP contribution is -2.34. The topological polar surface area (TPSA) is 8.29 Å². The monoisotopic (exact) mass is 223 g/mol. The molecule has 0 aliphatic heterocycles. The summed E-state index contributed by atoms with van der Waals surface area (Å²) in [6.45, 7) is 2.15. The second kappa shape index (κ2) is 3.74. The predicted octanol–water partition coefficient (Wildman–Crippen LogP) is 2.74. The zero-order valence-electron chi connectivity index (χ0n) is 10.1. The van der Waals surface area contributed by atoms with Crippen molar-refractivity contribution in [2.24, 2.45) is 7.05 Å². The molecule has 84 valence electrons. The van der Waals surface area contributed by atoms with E-state index in [0.717, 1.165) is 0 Å². The Bertz CT molecular complexity index is 680. The molecule has 2 nitrogen and oxygen atoms in total. The van der Waals surface area contributed by atoms with Gasteiger partial charge in [0.1, 0.15) is 11.2 Å². The van der Waals surface area contributed by atoms with Crippen molar-refractivity contribution in [1.29, 1.82) is 0 Å². The first-order valence-electron chi connectivity index (χ1n) is 5.80. The van der Waals surface area contributed by atoms with E-state index in [0.29, 0.717) is 0 Å². The van der Waals surface area contributed by atoms with Crippen molar-refractivity contribution in [2.75, 3.05) is 0 Å². The molecule has 3 aromatic rings. The third-order valence-corrected chi connectivity index (χ3v) is 3.19. The van der Waals surface area contributed by atoms with Gasteiger partial charge in [0.25, 0.3) is 0 Å². The average molecular weight is 223 g/mol. The summed E-state index contributed by atoms with van der Waals surface area (Å²) in [7, 11) is 2.06. The maximum Gasteiger partial charge on any atom is 0.196 e. The third-order valence-electron chi connectivity index (χ3n) is 3.19. The molecule has 0 saturated carbocycles. The molecule has 0 fully saturated rings. The van der Waals surface area contributed by atoms with Gasteiger partial charge in [0.15, 0.2) is 13.2 Å². The molecule has 2 aromatic heterocycles. The number of nitrogens with zero attached hydrogens (tertiary/aromatic N) is 2. The summed E-state index contributed by atoms with van der Waals surface area (Å²) in [5.74, 6) is 0. The molecule has 0 aliphatic carbocycles. The number of aromatic nitrogens is 2. The van der Waals surface area contributed by atoms with Crippen LogP contribution in [0.2, 0.25) is 0 Å². The Morgan fingerprint density at radius 1 is 0.941 bits per heavy atom. The molecule has 0 saturated heterocycles.